The molecule has 2 N–H and O–H groups in total. The number of esters is 1. The Morgan fingerprint density at radius 3 is 2.75 bits per heavy atom. The number of aromatic amines is 2. The van der Waals surface area contributed by atoms with Crippen molar-refractivity contribution >= 4 is 17.6 Å². The van der Waals surface area contributed by atoms with Gasteiger partial charge in [0.05, 0.1) is 0 Å². The number of rotatable bonds is 3. The number of para-hydroxylation sites is 1. The molecule has 8 nitrogen and oxygen atoms in total. The van der Waals surface area contributed by atoms with E-state index in [4.69, 9.17) is 4.74 Å². The monoisotopic (exact) mass is 329 g/mol. The Morgan fingerprint density at radius 1 is 1.25 bits per heavy atom. The fourth-order valence-electron chi connectivity index (χ4n) is 2.80. The molecule has 3 rings (SSSR count). The summed E-state index contributed by atoms with van der Waals surface area (Å²) in [6.07, 6.45) is 0.733. The van der Waals surface area contributed by atoms with Gasteiger partial charge in [-0.05, 0) is 25.0 Å². The quantitative estimate of drug-likeness (QED) is 0.781. The Labute approximate surface area is 136 Å². The van der Waals surface area contributed by atoms with Gasteiger partial charge in [0.1, 0.15) is 5.69 Å². The van der Waals surface area contributed by atoms with Gasteiger partial charge in [-0.25, -0.2) is 9.59 Å². The largest absolute Gasteiger partial charge is 0.451 e. The van der Waals surface area contributed by atoms with Crippen molar-refractivity contribution < 1.29 is 14.3 Å². The van der Waals surface area contributed by atoms with Gasteiger partial charge in [-0.2, -0.15) is 0 Å². The van der Waals surface area contributed by atoms with E-state index in [1.807, 2.05) is 36.2 Å². The van der Waals surface area contributed by atoms with E-state index in [-0.39, 0.29) is 17.6 Å². The number of amides is 1. The number of hydrogen-bond donors (Lipinski definition) is 2. The van der Waals surface area contributed by atoms with Gasteiger partial charge in [-0.1, -0.05) is 18.2 Å². The average Bonchev–Trinajstić information content (AvgIpc) is 2.87. The smallest absolute Gasteiger partial charge is 0.355 e. The van der Waals surface area contributed by atoms with Crippen LogP contribution in [-0.2, 0) is 16.0 Å². The predicted molar refractivity (Wildman–Crippen MR) is 85.1 cm³/mol. The van der Waals surface area contributed by atoms with Gasteiger partial charge in [0, 0.05) is 17.8 Å². The van der Waals surface area contributed by atoms with Crippen LogP contribution in [0.25, 0.3) is 0 Å². The van der Waals surface area contributed by atoms with Crippen LogP contribution in [-0.4, -0.2) is 34.5 Å². The molecule has 1 amide bonds. The lowest BCUT2D eigenvalue weighted by Crippen LogP contribution is -2.39. The second-order valence-electron chi connectivity index (χ2n) is 5.52. The minimum atomic E-state index is -0.938. The molecule has 0 radical (unpaired) electrons. The number of nitrogens with zero attached hydrogens (tertiary/aromatic N) is 1. The first-order valence-electron chi connectivity index (χ1n) is 7.36. The zero-order valence-corrected chi connectivity index (χ0v) is 12.9. The van der Waals surface area contributed by atoms with E-state index >= 15 is 0 Å². The molecule has 2 aromatic rings. The molecule has 1 aromatic heterocycles. The molecule has 8 heteroatoms. The highest BCUT2D eigenvalue weighted by Gasteiger charge is 2.31. The number of ether oxygens (including phenoxy) is 1. The van der Waals surface area contributed by atoms with E-state index in [0.29, 0.717) is 0 Å². The van der Waals surface area contributed by atoms with Crippen molar-refractivity contribution in [2.45, 2.75) is 19.4 Å². The molecule has 24 heavy (non-hydrogen) atoms. The van der Waals surface area contributed by atoms with Crippen molar-refractivity contribution in [3.8, 4) is 0 Å². The first-order chi connectivity index (χ1) is 11.5. The lowest BCUT2D eigenvalue weighted by Gasteiger charge is -2.22. The molecular weight excluding hydrogens is 314 g/mol. The first kappa shape index (κ1) is 15.7. The number of hydrogen-bond acceptors (Lipinski definition) is 5. The van der Waals surface area contributed by atoms with Gasteiger partial charge >= 0.3 is 11.7 Å². The molecule has 0 bridgehead atoms. The summed E-state index contributed by atoms with van der Waals surface area (Å²) in [6.45, 7) is 1.43. The van der Waals surface area contributed by atoms with Crippen LogP contribution in [0.2, 0.25) is 0 Å². The zero-order chi connectivity index (χ0) is 17.3. The van der Waals surface area contributed by atoms with Gasteiger partial charge in [0.15, 0.2) is 6.61 Å². The molecule has 0 aliphatic carbocycles. The van der Waals surface area contributed by atoms with E-state index in [2.05, 4.69) is 4.98 Å². The molecule has 1 aliphatic rings. The van der Waals surface area contributed by atoms with Crippen LogP contribution in [0, 0.1) is 0 Å². The molecule has 1 unspecified atom stereocenters. The van der Waals surface area contributed by atoms with E-state index < -0.39 is 23.8 Å². The average molecular weight is 329 g/mol. The summed E-state index contributed by atoms with van der Waals surface area (Å²) in [4.78, 5) is 52.3. The molecule has 1 aliphatic heterocycles. The molecule has 1 atom stereocenters. The minimum absolute atomic E-state index is 0.0343. The predicted octanol–water partition coefficient (Wildman–Crippen LogP) is 0.198. The Balaban J connectivity index is 1.71. The maximum atomic E-state index is 12.4. The molecule has 0 saturated heterocycles. The summed E-state index contributed by atoms with van der Waals surface area (Å²) in [6, 6.07) is 8.40. The fourth-order valence-corrected chi connectivity index (χ4v) is 2.80. The van der Waals surface area contributed by atoms with Crippen LogP contribution in [0.3, 0.4) is 0 Å². The number of aromatic nitrogens is 2. The molecule has 2 heterocycles. The number of carbonyl (C=O) groups is 2. The number of carbonyl (C=O) groups excluding carboxylic acids is 2. The van der Waals surface area contributed by atoms with Crippen LogP contribution in [0.15, 0.2) is 39.9 Å². The van der Waals surface area contributed by atoms with E-state index in [0.717, 1.165) is 23.7 Å². The SMILES string of the molecule is CC1Cc2ccccc2N1C(=O)COC(=O)c1cc(=O)[nH]c(=O)[nH]1. The molecule has 0 spiro atoms. The van der Waals surface area contributed by atoms with Gasteiger partial charge in [0.25, 0.3) is 11.5 Å². The third kappa shape index (κ3) is 2.98. The Hall–Kier alpha value is -3.16. The topological polar surface area (TPSA) is 112 Å². The van der Waals surface area contributed by atoms with Crippen LogP contribution in [0.5, 0.6) is 0 Å². The maximum Gasteiger partial charge on any atom is 0.355 e. The fraction of sp³-hybridized carbons (Fsp3) is 0.250. The molecule has 124 valence electrons. The Morgan fingerprint density at radius 2 is 2.00 bits per heavy atom. The molecule has 0 fully saturated rings. The highest BCUT2D eigenvalue weighted by atomic mass is 16.5. The number of H-pyrrole nitrogens is 2. The van der Waals surface area contributed by atoms with Crippen molar-refractivity contribution in [1.82, 2.24) is 9.97 Å². The van der Waals surface area contributed by atoms with Crippen molar-refractivity contribution in [1.29, 1.82) is 0 Å². The second kappa shape index (κ2) is 6.15. The van der Waals surface area contributed by atoms with E-state index in [1.165, 1.54) is 0 Å². The van der Waals surface area contributed by atoms with Crippen molar-refractivity contribution in [3.63, 3.8) is 0 Å². The Kier molecular flexibility index (Phi) is 4.03. The van der Waals surface area contributed by atoms with Crippen molar-refractivity contribution in [3.05, 3.63) is 62.4 Å². The molecule has 1 aromatic carbocycles. The van der Waals surface area contributed by atoms with Crippen LogP contribution in [0.4, 0.5) is 5.69 Å². The first-order valence-corrected chi connectivity index (χ1v) is 7.36. The zero-order valence-electron chi connectivity index (χ0n) is 12.9. The number of nitrogens with one attached hydrogen (secondary N) is 2. The van der Waals surface area contributed by atoms with Gasteiger partial charge in [0.2, 0.25) is 0 Å². The summed E-state index contributed by atoms with van der Waals surface area (Å²) in [5.74, 6) is -1.31. The van der Waals surface area contributed by atoms with Crippen LogP contribution < -0.4 is 16.1 Å². The summed E-state index contributed by atoms with van der Waals surface area (Å²) in [5.41, 5.74) is 0.0209. The van der Waals surface area contributed by atoms with E-state index in [9.17, 15) is 19.2 Å². The third-order valence-electron chi connectivity index (χ3n) is 3.78. The molecule has 0 saturated carbocycles. The summed E-state index contributed by atoms with van der Waals surface area (Å²) >= 11 is 0. The highest BCUT2D eigenvalue weighted by molar-refractivity contribution is 5.98. The Bertz CT molecular complexity index is 886. The normalized spacial score (nSPS) is 15.9. The summed E-state index contributed by atoms with van der Waals surface area (Å²) in [7, 11) is 0. The standard InChI is InChI=1S/C16H15N3O5/c1-9-6-10-4-2-3-5-12(10)19(9)14(21)8-24-15(22)11-7-13(20)18-16(23)17-11/h2-5,7,9H,6,8H2,1H3,(H2,17,18,20,23). The number of benzene rings is 1. The second-order valence-corrected chi connectivity index (χ2v) is 5.52. The highest BCUT2D eigenvalue weighted by Crippen LogP contribution is 2.31. The van der Waals surface area contributed by atoms with Crippen molar-refractivity contribution in [2.75, 3.05) is 11.5 Å². The maximum absolute atomic E-state index is 12.4. The minimum Gasteiger partial charge on any atom is -0.451 e. The van der Waals surface area contributed by atoms with Gasteiger partial charge in [-0.3, -0.25) is 14.6 Å². The van der Waals surface area contributed by atoms with Crippen molar-refractivity contribution in [2.24, 2.45) is 0 Å². The lowest BCUT2D eigenvalue weighted by atomic mass is 10.1. The van der Waals surface area contributed by atoms with E-state index in [1.54, 1.807) is 4.90 Å². The summed E-state index contributed by atoms with van der Waals surface area (Å²) < 4.78 is 4.92. The van der Waals surface area contributed by atoms with Crippen LogP contribution >= 0.6 is 0 Å². The third-order valence-corrected chi connectivity index (χ3v) is 3.78. The van der Waals surface area contributed by atoms with Crippen LogP contribution in [0.1, 0.15) is 23.0 Å². The molecular formula is C16H15N3O5. The number of anilines is 1. The van der Waals surface area contributed by atoms with Gasteiger partial charge < -0.3 is 14.6 Å². The van der Waals surface area contributed by atoms with Gasteiger partial charge in [-0.15, -0.1) is 0 Å². The summed E-state index contributed by atoms with van der Waals surface area (Å²) in [5, 5.41) is 0. The number of fused-ring (bicyclic) bond motifs is 1. The lowest BCUT2D eigenvalue weighted by molar-refractivity contribution is -0.122.